The molecule has 168 valence electrons. The molecule has 7 heteroatoms. The molecule has 3 rings (SSSR count). The highest BCUT2D eigenvalue weighted by molar-refractivity contribution is 6.01. The van der Waals surface area contributed by atoms with Gasteiger partial charge in [-0.2, -0.15) is 5.26 Å². The Balaban J connectivity index is 1.91. The average Bonchev–Trinajstić information content (AvgIpc) is 3.29. The van der Waals surface area contributed by atoms with Crippen molar-refractivity contribution in [2.45, 2.75) is 59.9 Å². The molecular weight excluding hydrogens is 404 g/mol. The Hall–Kier alpha value is -3.40. The lowest BCUT2D eigenvalue weighted by atomic mass is 9.99. The number of carbonyl (C=O) groups excluding carboxylic acids is 2. The first-order valence-corrected chi connectivity index (χ1v) is 11.1. The number of benzene rings is 1. The van der Waals surface area contributed by atoms with Gasteiger partial charge in [0.15, 0.2) is 0 Å². The fraction of sp³-hybridized carbons (Fsp3) is 0.440. The molecule has 0 aliphatic heterocycles. The SMILES string of the molecule is CCN(C(=O)C1CCCC1)c1cc(C#N)cc(C(=O)NCc2c(C)cc(C)[nH]c2=O)c1C. The lowest BCUT2D eigenvalue weighted by molar-refractivity contribution is -0.122. The molecule has 0 atom stereocenters. The van der Waals surface area contributed by atoms with Crippen molar-refractivity contribution in [1.29, 1.82) is 5.26 Å². The number of aromatic amines is 1. The number of anilines is 1. The molecule has 0 saturated heterocycles. The fourth-order valence-electron chi connectivity index (χ4n) is 4.48. The predicted molar refractivity (Wildman–Crippen MR) is 124 cm³/mol. The molecule has 7 nitrogen and oxygen atoms in total. The maximum Gasteiger partial charge on any atom is 0.253 e. The molecule has 1 aliphatic carbocycles. The van der Waals surface area contributed by atoms with Crippen LogP contribution in [0.4, 0.5) is 5.69 Å². The number of nitriles is 1. The Labute approximate surface area is 188 Å². The highest BCUT2D eigenvalue weighted by atomic mass is 16.2. The van der Waals surface area contributed by atoms with Crippen LogP contribution in [0.5, 0.6) is 0 Å². The quantitative estimate of drug-likeness (QED) is 0.724. The molecule has 2 N–H and O–H groups in total. The van der Waals surface area contributed by atoms with Gasteiger partial charge in [0.1, 0.15) is 0 Å². The second-order valence-electron chi connectivity index (χ2n) is 8.47. The number of carbonyl (C=O) groups is 2. The molecule has 1 saturated carbocycles. The van der Waals surface area contributed by atoms with Gasteiger partial charge in [-0.1, -0.05) is 12.8 Å². The summed E-state index contributed by atoms with van der Waals surface area (Å²) in [6.07, 6.45) is 3.86. The standard InChI is InChI=1S/C25H30N4O3/c1-5-29(25(32)19-8-6-7-9-19)22-12-18(13-26)11-20(17(22)4)23(30)27-14-21-15(2)10-16(3)28-24(21)31/h10-12,19H,5-9,14H2,1-4H3,(H,27,30)(H,28,31). The Morgan fingerprint density at radius 3 is 2.47 bits per heavy atom. The number of hydrogen-bond donors (Lipinski definition) is 2. The zero-order chi connectivity index (χ0) is 23.4. The number of rotatable bonds is 6. The van der Waals surface area contributed by atoms with Gasteiger partial charge in [0, 0.05) is 41.5 Å². The van der Waals surface area contributed by atoms with E-state index in [1.54, 1.807) is 24.8 Å². The molecule has 1 aromatic heterocycles. The van der Waals surface area contributed by atoms with Crippen LogP contribution in [0, 0.1) is 38.0 Å². The second kappa shape index (κ2) is 9.82. The average molecular weight is 435 g/mol. The van der Waals surface area contributed by atoms with Crippen LogP contribution in [0.15, 0.2) is 23.0 Å². The van der Waals surface area contributed by atoms with Crippen LogP contribution in [0.1, 0.15) is 70.9 Å². The molecule has 1 heterocycles. The summed E-state index contributed by atoms with van der Waals surface area (Å²) in [6.45, 7) is 7.87. The van der Waals surface area contributed by atoms with E-state index in [2.05, 4.69) is 16.4 Å². The molecule has 0 bridgehead atoms. The largest absolute Gasteiger partial charge is 0.348 e. The molecule has 0 radical (unpaired) electrons. The van der Waals surface area contributed by atoms with Crippen LogP contribution in [0.25, 0.3) is 0 Å². The van der Waals surface area contributed by atoms with E-state index in [-0.39, 0.29) is 29.8 Å². The molecule has 32 heavy (non-hydrogen) atoms. The lowest BCUT2D eigenvalue weighted by Gasteiger charge is -2.27. The minimum Gasteiger partial charge on any atom is -0.348 e. The number of hydrogen-bond acceptors (Lipinski definition) is 4. The zero-order valence-electron chi connectivity index (χ0n) is 19.2. The minimum absolute atomic E-state index is 0.00592. The van der Waals surface area contributed by atoms with Crippen LogP contribution < -0.4 is 15.8 Å². The van der Waals surface area contributed by atoms with Crippen molar-refractivity contribution in [1.82, 2.24) is 10.3 Å². The lowest BCUT2D eigenvalue weighted by Crippen LogP contribution is -2.36. The number of aryl methyl sites for hydroxylation is 2. The molecule has 1 aliphatic rings. The predicted octanol–water partition coefficient (Wildman–Crippen LogP) is 3.64. The minimum atomic E-state index is -0.385. The summed E-state index contributed by atoms with van der Waals surface area (Å²) in [5.74, 6) is -0.338. The number of nitrogens with one attached hydrogen (secondary N) is 2. The van der Waals surface area contributed by atoms with Crippen molar-refractivity contribution >= 4 is 17.5 Å². The summed E-state index contributed by atoms with van der Waals surface area (Å²) in [5.41, 5.74) is 3.71. The molecule has 1 aromatic carbocycles. The van der Waals surface area contributed by atoms with Gasteiger partial charge in [0.05, 0.1) is 11.6 Å². The molecule has 0 unspecified atom stereocenters. The van der Waals surface area contributed by atoms with E-state index in [0.29, 0.717) is 34.5 Å². The molecule has 1 fully saturated rings. The van der Waals surface area contributed by atoms with E-state index in [1.165, 1.54) is 6.07 Å². The summed E-state index contributed by atoms with van der Waals surface area (Å²) < 4.78 is 0. The van der Waals surface area contributed by atoms with Crippen LogP contribution in [0.2, 0.25) is 0 Å². The van der Waals surface area contributed by atoms with Gasteiger partial charge < -0.3 is 15.2 Å². The van der Waals surface area contributed by atoms with E-state index in [4.69, 9.17) is 0 Å². The highest BCUT2D eigenvalue weighted by Crippen LogP contribution is 2.31. The zero-order valence-corrected chi connectivity index (χ0v) is 19.2. The number of H-pyrrole nitrogens is 1. The summed E-state index contributed by atoms with van der Waals surface area (Å²) >= 11 is 0. The van der Waals surface area contributed by atoms with Gasteiger partial charge in [-0.15, -0.1) is 0 Å². The van der Waals surface area contributed by atoms with Gasteiger partial charge >= 0.3 is 0 Å². The normalized spacial score (nSPS) is 13.6. The fourth-order valence-corrected chi connectivity index (χ4v) is 4.48. The van der Waals surface area contributed by atoms with Gasteiger partial charge in [0.25, 0.3) is 11.5 Å². The van der Waals surface area contributed by atoms with Crippen molar-refractivity contribution < 1.29 is 9.59 Å². The third kappa shape index (κ3) is 4.75. The van der Waals surface area contributed by atoms with E-state index < -0.39 is 0 Å². The second-order valence-corrected chi connectivity index (χ2v) is 8.47. The van der Waals surface area contributed by atoms with Crippen LogP contribution >= 0.6 is 0 Å². The first kappa shape index (κ1) is 23.3. The molecule has 0 spiro atoms. The Kier molecular flexibility index (Phi) is 7.14. The number of nitrogens with zero attached hydrogens (tertiary/aromatic N) is 2. The van der Waals surface area contributed by atoms with Crippen LogP contribution in [-0.4, -0.2) is 23.3 Å². The number of aromatic nitrogens is 1. The molecule has 2 aromatic rings. The monoisotopic (exact) mass is 434 g/mol. The highest BCUT2D eigenvalue weighted by Gasteiger charge is 2.29. The van der Waals surface area contributed by atoms with Crippen molar-refractivity contribution in [2.75, 3.05) is 11.4 Å². The summed E-state index contributed by atoms with van der Waals surface area (Å²) in [7, 11) is 0. The van der Waals surface area contributed by atoms with E-state index in [9.17, 15) is 19.6 Å². The van der Waals surface area contributed by atoms with E-state index in [0.717, 1.165) is 36.9 Å². The summed E-state index contributed by atoms with van der Waals surface area (Å²) in [5, 5.41) is 12.3. The summed E-state index contributed by atoms with van der Waals surface area (Å²) in [6, 6.07) is 7.17. The first-order chi connectivity index (χ1) is 15.3. The van der Waals surface area contributed by atoms with Crippen molar-refractivity contribution in [2.24, 2.45) is 5.92 Å². The van der Waals surface area contributed by atoms with E-state index in [1.807, 2.05) is 19.9 Å². The first-order valence-electron chi connectivity index (χ1n) is 11.1. The number of amides is 2. The smallest absolute Gasteiger partial charge is 0.253 e. The third-order valence-electron chi connectivity index (χ3n) is 6.25. The van der Waals surface area contributed by atoms with Crippen molar-refractivity contribution in [3.63, 3.8) is 0 Å². The third-order valence-corrected chi connectivity index (χ3v) is 6.25. The van der Waals surface area contributed by atoms with Crippen LogP contribution in [-0.2, 0) is 11.3 Å². The van der Waals surface area contributed by atoms with Gasteiger partial charge in [-0.05, 0) is 69.9 Å². The summed E-state index contributed by atoms with van der Waals surface area (Å²) in [4.78, 5) is 42.9. The van der Waals surface area contributed by atoms with E-state index >= 15 is 0 Å². The topological polar surface area (TPSA) is 106 Å². The Bertz CT molecular complexity index is 1140. The van der Waals surface area contributed by atoms with Gasteiger partial charge in [-0.3, -0.25) is 14.4 Å². The Morgan fingerprint density at radius 2 is 1.88 bits per heavy atom. The Morgan fingerprint density at radius 1 is 1.19 bits per heavy atom. The van der Waals surface area contributed by atoms with Gasteiger partial charge in [0.2, 0.25) is 5.91 Å². The van der Waals surface area contributed by atoms with Crippen molar-refractivity contribution in [3.05, 3.63) is 62.1 Å². The maximum absolute atomic E-state index is 13.1. The number of pyridine rings is 1. The molecule has 2 amide bonds. The van der Waals surface area contributed by atoms with Gasteiger partial charge in [-0.25, -0.2) is 0 Å². The molecular formula is C25H30N4O3. The maximum atomic E-state index is 13.1. The van der Waals surface area contributed by atoms with Crippen LogP contribution in [0.3, 0.4) is 0 Å². The van der Waals surface area contributed by atoms with Crippen molar-refractivity contribution in [3.8, 4) is 6.07 Å².